The van der Waals surface area contributed by atoms with Crippen molar-refractivity contribution >= 4 is 12.1 Å². The maximum absolute atomic E-state index is 12.6. The number of ether oxygens (including phenoxy) is 3. The molecule has 1 saturated carbocycles. The summed E-state index contributed by atoms with van der Waals surface area (Å²) >= 11 is 0. The lowest BCUT2D eigenvalue weighted by molar-refractivity contribution is -0.154. The molecule has 144 valence electrons. The Balaban J connectivity index is 1.99. The predicted molar refractivity (Wildman–Crippen MR) is 94.3 cm³/mol. The monoisotopic (exact) mass is 355 g/mol. The van der Waals surface area contributed by atoms with E-state index in [1.54, 1.807) is 0 Å². The quantitative estimate of drug-likeness (QED) is 0.537. The molecule has 1 heterocycles. The fraction of sp³-hybridized carbons (Fsp3) is 0.895. The highest BCUT2D eigenvalue weighted by atomic mass is 16.6. The van der Waals surface area contributed by atoms with Gasteiger partial charge in [-0.2, -0.15) is 0 Å². The van der Waals surface area contributed by atoms with Gasteiger partial charge in [0.1, 0.15) is 17.7 Å². The molecule has 0 aromatic carbocycles. The summed E-state index contributed by atoms with van der Waals surface area (Å²) in [5, 5.41) is 0. The zero-order chi connectivity index (χ0) is 18.4. The molecule has 2 atom stereocenters. The molecule has 2 aliphatic rings. The van der Waals surface area contributed by atoms with Gasteiger partial charge in [0.15, 0.2) is 0 Å². The molecule has 0 aromatic heterocycles. The Labute approximate surface area is 151 Å². The van der Waals surface area contributed by atoms with Crippen LogP contribution in [0.3, 0.4) is 0 Å². The Morgan fingerprint density at radius 1 is 1.12 bits per heavy atom. The van der Waals surface area contributed by atoms with Gasteiger partial charge in [0.2, 0.25) is 0 Å². The van der Waals surface area contributed by atoms with Gasteiger partial charge in [-0.3, -0.25) is 4.90 Å². The third kappa shape index (κ3) is 6.17. The molecule has 1 aliphatic heterocycles. The molecule has 25 heavy (non-hydrogen) atoms. The molecule has 6 nitrogen and oxygen atoms in total. The summed E-state index contributed by atoms with van der Waals surface area (Å²) in [5.41, 5.74) is -0.599. The van der Waals surface area contributed by atoms with Crippen molar-refractivity contribution in [1.82, 2.24) is 4.90 Å². The number of nitrogens with zero attached hydrogens (tertiary/aromatic N) is 1. The third-order valence-corrected chi connectivity index (χ3v) is 4.60. The second-order valence-electron chi connectivity index (χ2n) is 8.07. The lowest BCUT2D eigenvalue weighted by atomic mass is 10.2. The van der Waals surface area contributed by atoms with Crippen molar-refractivity contribution in [3.8, 4) is 0 Å². The summed E-state index contributed by atoms with van der Waals surface area (Å²) in [6, 6.07) is -0.609. The predicted octanol–water partition coefficient (Wildman–Crippen LogP) is 3.67. The fourth-order valence-corrected chi connectivity index (χ4v) is 3.31. The van der Waals surface area contributed by atoms with Gasteiger partial charge in [0, 0.05) is 13.0 Å². The number of hydrogen-bond acceptors (Lipinski definition) is 5. The first-order chi connectivity index (χ1) is 11.8. The summed E-state index contributed by atoms with van der Waals surface area (Å²) in [6.07, 6.45) is 5.92. The molecule has 0 bridgehead atoms. The molecular formula is C19H33NO5. The minimum atomic E-state index is -0.609. The Morgan fingerprint density at radius 3 is 2.40 bits per heavy atom. The molecule has 0 spiro atoms. The highest BCUT2D eigenvalue weighted by Crippen LogP contribution is 2.27. The van der Waals surface area contributed by atoms with Crippen LogP contribution in [0.2, 0.25) is 0 Å². The van der Waals surface area contributed by atoms with E-state index in [4.69, 9.17) is 14.2 Å². The molecule has 1 aliphatic carbocycles. The molecule has 6 heteroatoms. The van der Waals surface area contributed by atoms with Crippen molar-refractivity contribution in [3.63, 3.8) is 0 Å². The highest BCUT2D eigenvalue weighted by Gasteiger charge is 2.43. The molecule has 1 amide bonds. The molecule has 2 fully saturated rings. The van der Waals surface area contributed by atoms with E-state index in [0.29, 0.717) is 19.6 Å². The number of amides is 1. The van der Waals surface area contributed by atoms with Crippen molar-refractivity contribution in [2.24, 2.45) is 0 Å². The second kappa shape index (κ2) is 8.88. The van der Waals surface area contributed by atoms with Gasteiger partial charge in [-0.1, -0.05) is 13.3 Å². The van der Waals surface area contributed by atoms with Gasteiger partial charge in [-0.25, -0.2) is 9.59 Å². The van der Waals surface area contributed by atoms with Gasteiger partial charge >= 0.3 is 12.1 Å². The van der Waals surface area contributed by atoms with Crippen molar-refractivity contribution in [1.29, 1.82) is 0 Å². The Bertz CT molecular complexity index is 453. The summed E-state index contributed by atoms with van der Waals surface area (Å²) in [4.78, 5) is 26.6. The normalized spacial score (nSPS) is 24.6. The van der Waals surface area contributed by atoms with Crippen LogP contribution in [0.1, 0.15) is 72.6 Å². The van der Waals surface area contributed by atoms with E-state index >= 15 is 0 Å². The summed E-state index contributed by atoms with van der Waals surface area (Å²) in [5.74, 6) is -0.320. The maximum Gasteiger partial charge on any atom is 0.411 e. The van der Waals surface area contributed by atoms with Gasteiger partial charge in [0.05, 0.1) is 12.6 Å². The van der Waals surface area contributed by atoms with Crippen LogP contribution in [-0.4, -0.2) is 54.0 Å². The van der Waals surface area contributed by atoms with Gasteiger partial charge in [0.25, 0.3) is 0 Å². The summed E-state index contributed by atoms with van der Waals surface area (Å²) < 4.78 is 17.0. The number of rotatable bonds is 6. The van der Waals surface area contributed by atoms with Crippen LogP contribution in [0.4, 0.5) is 4.79 Å². The molecule has 0 radical (unpaired) electrons. The SMILES string of the molecule is CCCCO[C@@H]1C[C@@H](C(=O)OC2CCCC2)N(C(=O)OC(C)(C)C)C1. The van der Waals surface area contributed by atoms with Crippen LogP contribution in [0.5, 0.6) is 0 Å². The van der Waals surface area contributed by atoms with Crippen LogP contribution in [0, 0.1) is 0 Å². The van der Waals surface area contributed by atoms with Gasteiger partial charge in [-0.15, -0.1) is 0 Å². The molecule has 0 aromatic rings. The maximum atomic E-state index is 12.6. The number of carbonyl (C=O) groups is 2. The number of esters is 1. The second-order valence-corrected chi connectivity index (χ2v) is 8.07. The summed E-state index contributed by atoms with van der Waals surface area (Å²) in [7, 11) is 0. The lowest BCUT2D eigenvalue weighted by Crippen LogP contribution is -2.44. The minimum absolute atomic E-state index is 0.00644. The van der Waals surface area contributed by atoms with E-state index in [1.165, 1.54) is 4.90 Å². The van der Waals surface area contributed by atoms with Crippen molar-refractivity contribution in [3.05, 3.63) is 0 Å². The van der Waals surface area contributed by atoms with E-state index in [9.17, 15) is 9.59 Å². The zero-order valence-electron chi connectivity index (χ0n) is 16.1. The first-order valence-electron chi connectivity index (χ1n) is 9.62. The van der Waals surface area contributed by atoms with E-state index in [-0.39, 0.29) is 18.2 Å². The van der Waals surface area contributed by atoms with Crippen LogP contribution in [0.15, 0.2) is 0 Å². The first-order valence-corrected chi connectivity index (χ1v) is 9.62. The van der Waals surface area contributed by atoms with Crippen molar-refractivity contribution in [2.45, 2.75) is 96.5 Å². The van der Waals surface area contributed by atoms with Crippen molar-refractivity contribution < 1.29 is 23.8 Å². The highest BCUT2D eigenvalue weighted by molar-refractivity contribution is 5.82. The van der Waals surface area contributed by atoms with Crippen molar-refractivity contribution in [2.75, 3.05) is 13.2 Å². The van der Waals surface area contributed by atoms with Crippen LogP contribution in [0.25, 0.3) is 0 Å². The van der Waals surface area contributed by atoms with Gasteiger partial charge in [-0.05, 0) is 52.9 Å². The minimum Gasteiger partial charge on any atom is -0.461 e. The first kappa shape index (κ1) is 20.0. The molecule has 2 rings (SSSR count). The van der Waals surface area contributed by atoms with Crippen LogP contribution < -0.4 is 0 Å². The smallest absolute Gasteiger partial charge is 0.411 e. The lowest BCUT2D eigenvalue weighted by Gasteiger charge is -2.28. The van der Waals surface area contributed by atoms with Gasteiger partial charge < -0.3 is 14.2 Å². The van der Waals surface area contributed by atoms with Crippen LogP contribution >= 0.6 is 0 Å². The molecular weight excluding hydrogens is 322 g/mol. The van der Waals surface area contributed by atoms with E-state index < -0.39 is 17.7 Å². The average Bonchev–Trinajstić information content (AvgIpc) is 3.15. The van der Waals surface area contributed by atoms with E-state index in [0.717, 1.165) is 38.5 Å². The number of carbonyl (C=O) groups excluding carboxylic acids is 2. The largest absolute Gasteiger partial charge is 0.461 e. The number of unbranched alkanes of at least 4 members (excludes halogenated alkanes) is 1. The Kier molecular flexibility index (Phi) is 7.11. The average molecular weight is 355 g/mol. The van der Waals surface area contributed by atoms with E-state index in [1.807, 2.05) is 20.8 Å². The third-order valence-electron chi connectivity index (χ3n) is 4.60. The summed E-state index contributed by atoms with van der Waals surface area (Å²) in [6.45, 7) is 8.59. The fourth-order valence-electron chi connectivity index (χ4n) is 3.31. The molecule has 0 N–H and O–H groups in total. The Hall–Kier alpha value is -1.30. The number of likely N-dealkylation sites (tertiary alicyclic amines) is 1. The zero-order valence-corrected chi connectivity index (χ0v) is 16.1. The molecule has 0 unspecified atom stereocenters. The Morgan fingerprint density at radius 2 is 1.80 bits per heavy atom. The van der Waals surface area contributed by atoms with Crippen LogP contribution in [-0.2, 0) is 19.0 Å². The number of hydrogen-bond donors (Lipinski definition) is 0. The molecule has 1 saturated heterocycles. The topological polar surface area (TPSA) is 65.1 Å². The standard InChI is InChI=1S/C19H33NO5/c1-5-6-11-23-15-12-16(17(21)24-14-9-7-8-10-14)20(13-15)18(22)25-19(2,3)4/h14-16H,5-13H2,1-4H3/t15-,16+/m1/s1. The van der Waals surface area contributed by atoms with E-state index in [2.05, 4.69) is 6.92 Å².